The third-order valence-electron chi connectivity index (χ3n) is 3.38. The minimum absolute atomic E-state index is 0.114. The number of esters is 1. The van der Waals surface area contributed by atoms with E-state index in [4.69, 9.17) is 12.2 Å². The summed E-state index contributed by atoms with van der Waals surface area (Å²) in [7, 11) is 1.31. The summed E-state index contributed by atoms with van der Waals surface area (Å²) in [5.41, 5.74) is 3.20. The fourth-order valence-corrected chi connectivity index (χ4v) is 3.06. The minimum Gasteiger partial charge on any atom is -0.465 e. The van der Waals surface area contributed by atoms with Crippen LogP contribution in [-0.2, 0) is 4.74 Å². The molecule has 0 fully saturated rings. The molecule has 8 heteroatoms. The second-order valence-electron chi connectivity index (χ2n) is 5.13. The highest BCUT2D eigenvalue weighted by Gasteiger charge is 2.17. The molecular formula is C16H17N3O3S2. The van der Waals surface area contributed by atoms with E-state index in [-0.39, 0.29) is 11.0 Å². The largest absolute Gasteiger partial charge is 0.465 e. The summed E-state index contributed by atoms with van der Waals surface area (Å²) in [5.74, 6) is -0.764. The van der Waals surface area contributed by atoms with Crippen molar-refractivity contribution in [3.63, 3.8) is 0 Å². The molecule has 0 unspecified atom stereocenters. The zero-order chi connectivity index (χ0) is 17.9. The Morgan fingerprint density at radius 3 is 2.54 bits per heavy atom. The monoisotopic (exact) mass is 363 g/mol. The molecule has 0 bridgehead atoms. The van der Waals surface area contributed by atoms with Gasteiger partial charge in [-0.05, 0) is 56.2 Å². The second-order valence-corrected chi connectivity index (χ2v) is 6.54. The van der Waals surface area contributed by atoms with Crippen LogP contribution in [0.4, 0.5) is 5.13 Å². The molecule has 24 heavy (non-hydrogen) atoms. The average molecular weight is 363 g/mol. The van der Waals surface area contributed by atoms with Gasteiger partial charge in [0.1, 0.15) is 4.88 Å². The number of thiocarbonyl (C=S) groups is 1. The van der Waals surface area contributed by atoms with E-state index in [1.54, 1.807) is 19.1 Å². The smallest absolute Gasteiger partial charge is 0.350 e. The van der Waals surface area contributed by atoms with Crippen LogP contribution in [-0.4, -0.2) is 29.1 Å². The summed E-state index contributed by atoms with van der Waals surface area (Å²) in [4.78, 5) is 28.4. The Balaban J connectivity index is 2.04. The van der Waals surface area contributed by atoms with E-state index in [2.05, 4.69) is 20.4 Å². The van der Waals surface area contributed by atoms with Gasteiger partial charge in [-0.15, -0.1) is 0 Å². The standard InChI is InChI=1S/C16H17N3O3S2/c1-8-5-6-11(7-9(8)2)13(20)18-15(23)19-16-17-10(3)12(24-16)14(21)22-4/h5-7H,1-4H3,(H2,17,18,19,20,23). The number of aryl methyl sites for hydroxylation is 3. The van der Waals surface area contributed by atoms with Gasteiger partial charge in [0, 0.05) is 5.56 Å². The molecule has 1 aromatic carbocycles. The molecule has 0 saturated carbocycles. The van der Waals surface area contributed by atoms with Crippen LogP contribution in [0.2, 0.25) is 0 Å². The maximum absolute atomic E-state index is 12.2. The van der Waals surface area contributed by atoms with Gasteiger partial charge in [0.2, 0.25) is 0 Å². The molecule has 0 saturated heterocycles. The van der Waals surface area contributed by atoms with Gasteiger partial charge in [0.05, 0.1) is 12.8 Å². The lowest BCUT2D eigenvalue weighted by molar-refractivity contribution is 0.0605. The topological polar surface area (TPSA) is 80.3 Å². The second kappa shape index (κ2) is 7.50. The number of rotatable bonds is 3. The summed E-state index contributed by atoms with van der Waals surface area (Å²) in [6, 6.07) is 5.42. The number of thiazole rings is 1. The molecule has 0 aliphatic rings. The van der Waals surface area contributed by atoms with Crippen LogP contribution in [0, 0.1) is 20.8 Å². The third-order valence-corrected chi connectivity index (χ3v) is 4.64. The predicted molar refractivity (Wildman–Crippen MR) is 97.8 cm³/mol. The van der Waals surface area contributed by atoms with Gasteiger partial charge in [-0.2, -0.15) is 0 Å². The Kier molecular flexibility index (Phi) is 5.63. The molecule has 1 heterocycles. The first kappa shape index (κ1) is 18.0. The van der Waals surface area contributed by atoms with Crippen LogP contribution in [0.25, 0.3) is 0 Å². The van der Waals surface area contributed by atoms with Crippen molar-refractivity contribution < 1.29 is 14.3 Å². The number of aromatic nitrogens is 1. The molecule has 126 valence electrons. The van der Waals surface area contributed by atoms with Gasteiger partial charge >= 0.3 is 5.97 Å². The fraction of sp³-hybridized carbons (Fsp3) is 0.250. The van der Waals surface area contributed by atoms with E-state index in [0.717, 1.165) is 22.5 Å². The van der Waals surface area contributed by atoms with E-state index >= 15 is 0 Å². The van der Waals surface area contributed by atoms with Crippen molar-refractivity contribution in [2.75, 3.05) is 12.4 Å². The zero-order valence-corrected chi connectivity index (χ0v) is 15.4. The summed E-state index contributed by atoms with van der Waals surface area (Å²) in [5, 5.41) is 5.93. The van der Waals surface area contributed by atoms with Crippen LogP contribution in [0.15, 0.2) is 18.2 Å². The van der Waals surface area contributed by atoms with Crippen LogP contribution in [0.1, 0.15) is 36.9 Å². The van der Waals surface area contributed by atoms with E-state index in [1.807, 2.05) is 19.9 Å². The van der Waals surface area contributed by atoms with Crippen molar-refractivity contribution in [2.24, 2.45) is 0 Å². The minimum atomic E-state index is -0.455. The van der Waals surface area contributed by atoms with E-state index in [1.165, 1.54) is 7.11 Å². The van der Waals surface area contributed by atoms with E-state index in [9.17, 15) is 9.59 Å². The zero-order valence-electron chi connectivity index (χ0n) is 13.7. The Bertz CT molecular complexity index is 815. The number of nitrogens with one attached hydrogen (secondary N) is 2. The lowest BCUT2D eigenvalue weighted by Crippen LogP contribution is -2.34. The van der Waals surface area contributed by atoms with Crippen molar-refractivity contribution in [3.8, 4) is 0 Å². The Morgan fingerprint density at radius 2 is 1.92 bits per heavy atom. The number of ether oxygens (including phenoxy) is 1. The van der Waals surface area contributed by atoms with Crippen LogP contribution < -0.4 is 10.6 Å². The molecule has 1 aromatic heterocycles. The number of nitrogens with zero attached hydrogens (tertiary/aromatic N) is 1. The van der Waals surface area contributed by atoms with E-state index in [0.29, 0.717) is 21.3 Å². The van der Waals surface area contributed by atoms with Crippen LogP contribution >= 0.6 is 23.6 Å². The van der Waals surface area contributed by atoms with Crippen molar-refractivity contribution in [1.82, 2.24) is 10.3 Å². The average Bonchev–Trinajstić information content (AvgIpc) is 2.89. The molecule has 1 amide bonds. The van der Waals surface area contributed by atoms with Gasteiger partial charge in [0.15, 0.2) is 10.2 Å². The lowest BCUT2D eigenvalue weighted by atomic mass is 10.1. The molecular weight excluding hydrogens is 346 g/mol. The van der Waals surface area contributed by atoms with E-state index < -0.39 is 5.97 Å². The summed E-state index contributed by atoms with van der Waals surface area (Å²) in [6.45, 7) is 5.62. The first-order valence-electron chi connectivity index (χ1n) is 7.07. The Labute approximate surface area is 149 Å². The SMILES string of the molecule is COC(=O)c1sc(NC(=S)NC(=O)c2ccc(C)c(C)c2)nc1C. The molecule has 6 nitrogen and oxygen atoms in total. The van der Waals surface area contributed by atoms with Gasteiger partial charge in [-0.3, -0.25) is 10.1 Å². The fourth-order valence-electron chi connectivity index (χ4n) is 1.92. The summed E-state index contributed by atoms with van der Waals surface area (Å²) >= 11 is 6.24. The first-order valence-corrected chi connectivity index (χ1v) is 8.29. The number of amides is 1. The van der Waals surface area contributed by atoms with Crippen molar-refractivity contribution in [3.05, 3.63) is 45.5 Å². The van der Waals surface area contributed by atoms with Crippen molar-refractivity contribution >= 4 is 45.7 Å². The highest BCUT2D eigenvalue weighted by molar-refractivity contribution is 7.80. The van der Waals surface area contributed by atoms with Crippen molar-refractivity contribution in [2.45, 2.75) is 20.8 Å². The number of carbonyl (C=O) groups excluding carboxylic acids is 2. The Hall–Kier alpha value is -2.32. The number of anilines is 1. The van der Waals surface area contributed by atoms with Crippen LogP contribution in [0.5, 0.6) is 0 Å². The molecule has 2 N–H and O–H groups in total. The highest BCUT2D eigenvalue weighted by Crippen LogP contribution is 2.23. The number of hydrogen-bond acceptors (Lipinski definition) is 6. The number of hydrogen-bond donors (Lipinski definition) is 2. The number of methoxy groups -OCH3 is 1. The molecule has 0 radical (unpaired) electrons. The number of benzene rings is 1. The maximum Gasteiger partial charge on any atom is 0.350 e. The number of carbonyl (C=O) groups is 2. The predicted octanol–water partition coefficient (Wildman–Crippen LogP) is 2.98. The summed E-state index contributed by atoms with van der Waals surface area (Å²) in [6.07, 6.45) is 0. The van der Waals surface area contributed by atoms with Crippen LogP contribution in [0.3, 0.4) is 0 Å². The maximum atomic E-state index is 12.2. The van der Waals surface area contributed by atoms with Crippen molar-refractivity contribution in [1.29, 1.82) is 0 Å². The molecule has 0 spiro atoms. The molecule has 0 aliphatic heterocycles. The highest BCUT2D eigenvalue weighted by atomic mass is 32.1. The lowest BCUT2D eigenvalue weighted by Gasteiger charge is -2.08. The molecule has 0 atom stereocenters. The first-order chi connectivity index (χ1) is 11.3. The molecule has 2 rings (SSSR count). The van der Waals surface area contributed by atoms with Gasteiger partial charge in [-0.1, -0.05) is 17.4 Å². The molecule has 0 aliphatic carbocycles. The Morgan fingerprint density at radius 1 is 1.21 bits per heavy atom. The summed E-state index contributed by atoms with van der Waals surface area (Å²) < 4.78 is 4.68. The van der Waals surface area contributed by atoms with Gasteiger partial charge in [-0.25, -0.2) is 9.78 Å². The quantitative estimate of drug-likeness (QED) is 0.645. The van der Waals surface area contributed by atoms with Gasteiger partial charge < -0.3 is 10.1 Å². The normalized spacial score (nSPS) is 10.2. The third kappa shape index (κ3) is 4.15. The molecule has 2 aromatic rings. The van der Waals surface area contributed by atoms with Gasteiger partial charge in [0.25, 0.3) is 5.91 Å².